The Morgan fingerprint density at radius 2 is 1.86 bits per heavy atom. The number of rotatable bonds is 12. The maximum absolute atomic E-state index is 12.4. The summed E-state index contributed by atoms with van der Waals surface area (Å²) in [5, 5.41) is 3.41. The second-order valence-corrected chi connectivity index (χ2v) is 6.86. The van der Waals surface area contributed by atoms with Crippen LogP contribution in [-0.2, 0) is 6.54 Å². The van der Waals surface area contributed by atoms with Crippen LogP contribution in [0.3, 0.4) is 0 Å². The second kappa shape index (κ2) is 12.7. The molecule has 0 unspecified atom stereocenters. The lowest BCUT2D eigenvalue weighted by Crippen LogP contribution is -2.16. The molecule has 0 radical (unpaired) electrons. The van der Waals surface area contributed by atoms with Gasteiger partial charge in [0.1, 0.15) is 11.5 Å². The fraction of sp³-hybridized carbons (Fsp3) is 0.417. The van der Waals surface area contributed by atoms with Crippen molar-refractivity contribution in [3.8, 4) is 11.5 Å². The number of nitrogens with zero attached hydrogens (tertiary/aromatic N) is 1. The molecule has 0 saturated heterocycles. The predicted octanol–water partition coefficient (Wildman–Crippen LogP) is 5.32. The Morgan fingerprint density at radius 3 is 2.55 bits per heavy atom. The summed E-state index contributed by atoms with van der Waals surface area (Å²) in [5.74, 6) is 0.804. The Balaban J connectivity index is 1.76. The number of hydrogen-bond acceptors (Lipinski definition) is 5. The van der Waals surface area contributed by atoms with E-state index in [-0.39, 0.29) is 0 Å². The molecular formula is C24H32N2O3. The molecule has 0 aliphatic rings. The lowest BCUT2D eigenvalue weighted by molar-refractivity contribution is 0.0734. The first kappa shape index (κ1) is 22.6. The summed E-state index contributed by atoms with van der Waals surface area (Å²) in [6.45, 7) is 5.98. The first-order valence-electron chi connectivity index (χ1n) is 10.4. The first-order chi connectivity index (χ1) is 14.2. The number of carbonyl (C=O) groups excluding carboxylic acids is 1. The predicted molar refractivity (Wildman–Crippen MR) is 116 cm³/mol. The average Bonchev–Trinajstić information content (AvgIpc) is 2.76. The van der Waals surface area contributed by atoms with Crippen LogP contribution in [0.2, 0.25) is 0 Å². The minimum Gasteiger partial charge on any atom is -0.497 e. The number of aromatic nitrogens is 1. The van der Waals surface area contributed by atoms with E-state index in [1.165, 1.54) is 12.8 Å². The van der Waals surface area contributed by atoms with Crippen LogP contribution in [0.4, 0.5) is 0 Å². The van der Waals surface area contributed by atoms with E-state index in [1.54, 1.807) is 55.3 Å². The number of methoxy groups -OCH3 is 1. The minimum absolute atomic E-state index is 0.395. The zero-order valence-corrected chi connectivity index (χ0v) is 17.7. The van der Waals surface area contributed by atoms with Crippen molar-refractivity contribution in [1.82, 2.24) is 10.3 Å². The number of allylic oxidation sites excluding steroid dienone is 2. The van der Waals surface area contributed by atoms with E-state index in [9.17, 15) is 4.79 Å². The molecule has 2 rings (SSSR count). The van der Waals surface area contributed by atoms with Crippen LogP contribution >= 0.6 is 0 Å². The summed E-state index contributed by atoms with van der Waals surface area (Å²) < 4.78 is 10.5. The van der Waals surface area contributed by atoms with Crippen LogP contribution in [0.25, 0.3) is 0 Å². The maximum Gasteiger partial charge on any atom is 0.343 e. The Hall–Kier alpha value is -2.66. The molecule has 0 bridgehead atoms. The number of ether oxygens (including phenoxy) is 2. The molecular weight excluding hydrogens is 364 g/mol. The molecule has 5 heteroatoms. The molecule has 1 aromatic carbocycles. The highest BCUT2D eigenvalue weighted by molar-refractivity contribution is 5.91. The maximum atomic E-state index is 12.4. The van der Waals surface area contributed by atoms with Gasteiger partial charge in [0.15, 0.2) is 0 Å². The van der Waals surface area contributed by atoms with Gasteiger partial charge in [-0.1, -0.05) is 25.5 Å². The highest BCUT2D eigenvalue weighted by Gasteiger charge is 2.10. The Bertz CT molecular complexity index is 785. The molecule has 0 amide bonds. The minimum atomic E-state index is -0.395. The summed E-state index contributed by atoms with van der Waals surface area (Å²) in [6.07, 6.45) is 9.74. The Morgan fingerprint density at radius 1 is 1.10 bits per heavy atom. The summed E-state index contributed by atoms with van der Waals surface area (Å²) in [4.78, 5) is 16.7. The molecule has 156 valence electrons. The van der Waals surface area contributed by atoms with Crippen molar-refractivity contribution >= 4 is 5.97 Å². The van der Waals surface area contributed by atoms with Gasteiger partial charge in [-0.15, -0.1) is 0 Å². The van der Waals surface area contributed by atoms with E-state index >= 15 is 0 Å². The molecule has 1 heterocycles. The molecule has 5 nitrogen and oxygen atoms in total. The summed E-state index contributed by atoms with van der Waals surface area (Å²) in [6, 6.07) is 10.4. The summed E-state index contributed by atoms with van der Waals surface area (Å²) >= 11 is 0. The second-order valence-electron chi connectivity index (χ2n) is 6.86. The smallest absolute Gasteiger partial charge is 0.343 e. The van der Waals surface area contributed by atoms with Crippen molar-refractivity contribution in [2.75, 3.05) is 13.7 Å². The third-order valence-electron chi connectivity index (χ3n) is 4.68. The molecule has 2 aromatic rings. The van der Waals surface area contributed by atoms with E-state index in [2.05, 4.69) is 30.2 Å². The van der Waals surface area contributed by atoms with Gasteiger partial charge < -0.3 is 14.8 Å². The standard InChI is InChI=1S/C24H32N2O3/c1-4-8-19(5-2)9-6-7-15-25-18-21-17-20(14-16-26-21)24(27)29-23-12-10-22(28-3)11-13-23/h8,10-14,16-17,25H,4-7,9,15,18H2,1-3H3/b19-8+. The number of carbonyl (C=O) groups is 1. The highest BCUT2D eigenvalue weighted by atomic mass is 16.5. The van der Waals surface area contributed by atoms with Crippen LogP contribution in [0.5, 0.6) is 11.5 Å². The number of unbranched alkanes of at least 4 members (excludes halogenated alkanes) is 1. The van der Waals surface area contributed by atoms with Gasteiger partial charge in [-0.2, -0.15) is 0 Å². The average molecular weight is 397 g/mol. The monoisotopic (exact) mass is 396 g/mol. The van der Waals surface area contributed by atoms with Crippen molar-refractivity contribution in [1.29, 1.82) is 0 Å². The molecule has 0 spiro atoms. The summed E-state index contributed by atoms with van der Waals surface area (Å²) in [7, 11) is 1.60. The topological polar surface area (TPSA) is 60.5 Å². The molecule has 1 N–H and O–H groups in total. The van der Waals surface area contributed by atoms with Crippen molar-refractivity contribution in [2.24, 2.45) is 0 Å². The molecule has 0 atom stereocenters. The lowest BCUT2D eigenvalue weighted by Gasteiger charge is -2.08. The third-order valence-corrected chi connectivity index (χ3v) is 4.68. The molecule has 1 aromatic heterocycles. The Kier molecular flexibility index (Phi) is 9.93. The molecule has 0 saturated carbocycles. The van der Waals surface area contributed by atoms with Crippen molar-refractivity contribution < 1.29 is 14.3 Å². The van der Waals surface area contributed by atoms with E-state index in [0.29, 0.717) is 17.9 Å². The summed E-state index contributed by atoms with van der Waals surface area (Å²) in [5.41, 5.74) is 2.87. The largest absolute Gasteiger partial charge is 0.497 e. The van der Waals surface area contributed by atoms with E-state index in [1.807, 2.05) is 0 Å². The van der Waals surface area contributed by atoms with E-state index in [4.69, 9.17) is 9.47 Å². The van der Waals surface area contributed by atoms with Crippen molar-refractivity contribution in [3.63, 3.8) is 0 Å². The van der Waals surface area contributed by atoms with Gasteiger partial charge in [-0.25, -0.2) is 4.79 Å². The van der Waals surface area contributed by atoms with Crippen LogP contribution in [0.15, 0.2) is 54.2 Å². The van der Waals surface area contributed by atoms with Gasteiger partial charge in [0, 0.05) is 12.7 Å². The van der Waals surface area contributed by atoms with Gasteiger partial charge in [0.2, 0.25) is 0 Å². The fourth-order valence-electron chi connectivity index (χ4n) is 3.04. The van der Waals surface area contributed by atoms with Crippen LogP contribution in [-0.4, -0.2) is 24.6 Å². The van der Waals surface area contributed by atoms with E-state index in [0.717, 1.165) is 37.3 Å². The molecule has 0 aliphatic carbocycles. The zero-order chi connectivity index (χ0) is 20.9. The SMILES string of the molecule is CC/C=C(\CC)CCCCNCc1cc(C(=O)Oc2ccc(OC)cc2)ccn1. The molecule has 0 fully saturated rings. The Labute approximate surface area is 174 Å². The van der Waals surface area contributed by atoms with Crippen LogP contribution < -0.4 is 14.8 Å². The normalized spacial score (nSPS) is 11.3. The third kappa shape index (κ3) is 8.08. The quantitative estimate of drug-likeness (QED) is 0.228. The van der Waals surface area contributed by atoms with Crippen LogP contribution in [0, 0.1) is 0 Å². The van der Waals surface area contributed by atoms with Crippen LogP contribution in [0.1, 0.15) is 62.0 Å². The number of nitrogens with one attached hydrogen (secondary N) is 1. The number of benzene rings is 1. The van der Waals surface area contributed by atoms with Gasteiger partial charge >= 0.3 is 5.97 Å². The molecule has 29 heavy (non-hydrogen) atoms. The number of esters is 1. The first-order valence-corrected chi connectivity index (χ1v) is 10.4. The van der Waals surface area contributed by atoms with Gasteiger partial charge in [-0.05, 0) is 75.0 Å². The number of pyridine rings is 1. The highest BCUT2D eigenvalue weighted by Crippen LogP contribution is 2.18. The van der Waals surface area contributed by atoms with Crippen molar-refractivity contribution in [2.45, 2.75) is 52.5 Å². The van der Waals surface area contributed by atoms with Crippen molar-refractivity contribution in [3.05, 3.63) is 65.5 Å². The van der Waals surface area contributed by atoms with Gasteiger partial charge in [-0.3, -0.25) is 4.98 Å². The zero-order valence-electron chi connectivity index (χ0n) is 17.7. The fourth-order valence-corrected chi connectivity index (χ4v) is 3.04. The van der Waals surface area contributed by atoms with Gasteiger partial charge in [0.05, 0.1) is 18.4 Å². The van der Waals surface area contributed by atoms with E-state index < -0.39 is 5.97 Å². The van der Waals surface area contributed by atoms with Gasteiger partial charge in [0.25, 0.3) is 0 Å². The lowest BCUT2D eigenvalue weighted by atomic mass is 10.1. The number of hydrogen-bond donors (Lipinski definition) is 1. The molecule has 0 aliphatic heterocycles.